The van der Waals surface area contributed by atoms with Gasteiger partial charge in [0.25, 0.3) is 0 Å². The Bertz CT molecular complexity index is 292. The molecule has 3 N–H and O–H groups in total. The molecule has 0 amide bonds. The highest BCUT2D eigenvalue weighted by Gasteiger charge is 2.42. The van der Waals surface area contributed by atoms with Gasteiger partial charge in [-0.25, -0.2) is 0 Å². The van der Waals surface area contributed by atoms with E-state index >= 15 is 0 Å². The molecule has 0 aliphatic heterocycles. The first-order valence-corrected chi connectivity index (χ1v) is 6.14. The van der Waals surface area contributed by atoms with Crippen LogP contribution in [0.1, 0.15) is 39.5 Å². The lowest BCUT2D eigenvalue weighted by atomic mass is 9.76. The predicted molar refractivity (Wildman–Crippen MR) is 63.4 cm³/mol. The molecule has 0 saturated heterocycles. The summed E-state index contributed by atoms with van der Waals surface area (Å²) in [6.45, 7) is 3.76. The zero-order chi connectivity index (χ0) is 14.0. The largest absolute Gasteiger partial charge is 0.400 e. The third-order valence-electron chi connectivity index (χ3n) is 3.56. The third-order valence-corrected chi connectivity index (χ3v) is 3.56. The molecular formula is C12H21F3N2O. The Morgan fingerprint density at radius 2 is 1.89 bits per heavy atom. The van der Waals surface area contributed by atoms with Crippen LogP contribution in [0.4, 0.5) is 13.2 Å². The number of ether oxygens (including phenoxy) is 1. The number of nitrogens with one attached hydrogen (secondary N) is 1. The van der Waals surface area contributed by atoms with E-state index in [0.29, 0.717) is 0 Å². The molecule has 1 rings (SSSR count). The standard InChI is InChI=1S/C12H21F3N2O/c1-11(2)5-3-8(4-6-11)18-7-9(10(16)17)12(13,14)15/h8-9H,3-7H2,1-2H3,(H3,16,17). The van der Waals surface area contributed by atoms with Gasteiger partial charge in [0.05, 0.1) is 12.7 Å². The average molecular weight is 266 g/mol. The van der Waals surface area contributed by atoms with Crippen molar-refractivity contribution >= 4 is 5.84 Å². The highest BCUT2D eigenvalue weighted by atomic mass is 19.4. The maximum Gasteiger partial charge on any atom is 0.400 e. The molecule has 0 heterocycles. The van der Waals surface area contributed by atoms with Crippen molar-refractivity contribution in [1.29, 1.82) is 5.41 Å². The zero-order valence-electron chi connectivity index (χ0n) is 10.8. The number of alkyl halides is 3. The van der Waals surface area contributed by atoms with Crippen LogP contribution in [0.15, 0.2) is 0 Å². The second-order valence-electron chi connectivity index (χ2n) is 5.75. The SMILES string of the molecule is CC1(C)CCC(OCC(C(=N)N)C(F)(F)F)CC1. The van der Waals surface area contributed by atoms with Gasteiger partial charge < -0.3 is 10.5 Å². The normalized spacial score (nSPS) is 22.7. The van der Waals surface area contributed by atoms with Gasteiger partial charge in [0.2, 0.25) is 0 Å². The lowest BCUT2D eigenvalue weighted by molar-refractivity contribution is -0.174. The van der Waals surface area contributed by atoms with Gasteiger partial charge in [-0.3, -0.25) is 5.41 Å². The minimum atomic E-state index is -4.50. The predicted octanol–water partition coefficient (Wildman–Crippen LogP) is 3.09. The summed E-state index contributed by atoms with van der Waals surface area (Å²) < 4.78 is 42.9. The van der Waals surface area contributed by atoms with E-state index in [9.17, 15) is 13.2 Å². The molecule has 0 aromatic rings. The maximum absolute atomic E-state index is 12.5. The summed E-state index contributed by atoms with van der Waals surface area (Å²) in [5.74, 6) is -2.86. The quantitative estimate of drug-likeness (QED) is 0.607. The Morgan fingerprint density at radius 3 is 2.28 bits per heavy atom. The fraction of sp³-hybridized carbons (Fsp3) is 0.917. The van der Waals surface area contributed by atoms with E-state index in [0.717, 1.165) is 25.7 Å². The summed E-state index contributed by atoms with van der Waals surface area (Å²) >= 11 is 0. The first-order valence-electron chi connectivity index (χ1n) is 6.14. The van der Waals surface area contributed by atoms with E-state index in [2.05, 4.69) is 13.8 Å². The van der Waals surface area contributed by atoms with Crippen LogP contribution in [0.25, 0.3) is 0 Å². The van der Waals surface area contributed by atoms with Gasteiger partial charge in [-0.05, 0) is 31.1 Å². The summed E-state index contributed by atoms with van der Waals surface area (Å²) in [6, 6.07) is 0. The van der Waals surface area contributed by atoms with Crippen LogP contribution in [0.2, 0.25) is 0 Å². The van der Waals surface area contributed by atoms with Crippen LogP contribution in [0.5, 0.6) is 0 Å². The lowest BCUT2D eigenvalue weighted by Crippen LogP contribution is -2.40. The molecule has 0 spiro atoms. The molecule has 0 bridgehead atoms. The molecular weight excluding hydrogens is 245 g/mol. The van der Waals surface area contributed by atoms with E-state index in [1.54, 1.807) is 0 Å². The highest BCUT2D eigenvalue weighted by molar-refractivity contribution is 5.80. The molecule has 0 radical (unpaired) electrons. The highest BCUT2D eigenvalue weighted by Crippen LogP contribution is 2.36. The second kappa shape index (κ2) is 5.47. The molecule has 1 atom stereocenters. The Hall–Kier alpha value is -0.780. The minimum absolute atomic E-state index is 0.137. The smallest absolute Gasteiger partial charge is 0.387 e. The molecule has 1 fully saturated rings. The Balaban J connectivity index is 2.43. The van der Waals surface area contributed by atoms with Gasteiger partial charge in [-0.15, -0.1) is 0 Å². The summed E-state index contributed by atoms with van der Waals surface area (Å²) in [5, 5.41) is 6.97. The molecule has 1 unspecified atom stereocenters. The summed E-state index contributed by atoms with van der Waals surface area (Å²) in [4.78, 5) is 0. The zero-order valence-corrected chi connectivity index (χ0v) is 10.8. The number of nitrogens with two attached hydrogens (primary N) is 1. The molecule has 106 valence electrons. The fourth-order valence-electron chi connectivity index (χ4n) is 2.13. The Morgan fingerprint density at radius 1 is 1.39 bits per heavy atom. The number of rotatable bonds is 4. The summed E-state index contributed by atoms with van der Waals surface area (Å²) in [6.07, 6.45) is -1.18. The van der Waals surface area contributed by atoms with Gasteiger partial charge in [0, 0.05) is 0 Å². The van der Waals surface area contributed by atoms with Crippen LogP contribution in [0.3, 0.4) is 0 Å². The topological polar surface area (TPSA) is 59.1 Å². The first-order chi connectivity index (χ1) is 8.12. The monoisotopic (exact) mass is 266 g/mol. The minimum Gasteiger partial charge on any atom is -0.387 e. The van der Waals surface area contributed by atoms with Gasteiger partial charge in [0.15, 0.2) is 0 Å². The van der Waals surface area contributed by atoms with E-state index in [-0.39, 0.29) is 11.5 Å². The van der Waals surface area contributed by atoms with Crippen molar-refractivity contribution in [3.05, 3.63) is 0 Å². The van der Waals surface area contributed by atoms with Crippen molar-refractivity contribution in [1.82, 2.24) is 0 Å². The van der Waals surface area contributed by atoms with E-state index in [1.807, 2.05) is 0 Å². The molecule has 3 nitrogen and oxygen atoms in total. The van der Waals surface area contributed by atoms with Crippen molar-refractivity contribution in [3.63, 3.8) is 0 Å². The molecule has 1 aliphatic carbocycles. The summed E-state index contributed by atoms with van der Waals surface area (Å²) in [5.41, 5.74) is 5.22. The first kappa shape index (κ1) is 15.3. The van der Waals surface area contributed by atoms with E-state index < -0.39 is 24.5 Å². The molecule has 0 aromatic carbocycles. The van der Waals surface area contributed by atoms with Crippen LogP contribution < -0.4 is 5.73 Å². The van der Waals surface area contributed by atoms with Gasteiger partial charge in [-0.2, -0.15) is 13.2 Å². The van der Waals surface area contributed by atoms with Crippen LogP contribution in [0, 0.1) is 16.7 Å². The Labute approximate surface area is 105 Å². The number of halogens is 3. The maximum atomic E-state index is 12.5. The summed E-state index contributed by atoms with van der Waals surface area (Å²) in [7, 11) is 0. The van der Waals surface area contributed by atoms with Crippen LogP contribution >= 0.6 is 0 Å². The second-order valence-corrected chi connectivity index (χ2v) is 5.75. The molecule has 0 aromatic heterocycles. The van der Waals surface area contributed by atoms with Crippen LogP contribution in [-0.2, 0) is 4.74 Å². The van der Waals surface area contributed by atoms with Crippen molar-refractivity contribution < 1.29 is 17.9 Å². The molecule has 18 heavy (non-hydrogen) atoms. The Kier molecular flexibility index (Phi) is 4.64. The molecule has 6 heteroatoms. The number of hydrogen-bond donors (Lipinski definition) is 2. The average Bonchev–Trinajstić information content (AvgIpc) is 2.18. The van der Waals surface area contributed by atoms with Crippen molar-refractivity contribution in [3.8, 4) is 0 Å². The number of amidine groups is 1. The van der Waals surface area contributed by atoms with Gasteiger partial charge >= 0.3 is 6.18 Å². The number of hydrogen-bond acceptors (Lipinski definition) is 2. The fourth-order valence-corrected chi connectivity index (χ4v) is 2.13. The van der Waals surface area contributed by atoms with Crippen molar-refractivity contribution in [2.45, 2.75) is 51.8 Å². The van der Waals surface area contributed by atoms with Gasteiger partial charge in [-0.1, -0.05) is 13.8 Å². The van der Waals surface area contributed by atoms with E-state index in [1.165, 1.54) is 0 Å². The van der Waals surface area contributed by atoms with Gasteiger partial charge in [0.1, 0.15) is 11.8 Å². The third kappa shape index (κ3) is 4.48. The van der Waals surface area contributed by atoms with Crippen LogP contribution in [-0.4, -0.2) is 24.7 Å². The van der Waals surface area contributed by atoms with E-state index in [4.69, 9.17) is 15.9 Å². The van der Waals surface area contributed by atoms with Crippen molar-refractivity contribution in [2.24, 2.45) is 17.1 Å². The van der Waals surface area contributed by atoms with Crippen molar-refractivity contribution in [2.75, 3.05) is 6.61 Å². The molecule has 1 saturated carbocycles. The molecule has 1 aliphatic rings. The lowest BCUT2D eigenvalue weighted by Gasteiger charge is -2.34.